The van der Waals surface area contributed by atoms with Gasteiger partial charge in [0.15, 0.2) is 5.78 Å². The van der Waals surface area contributed by atoms with Crippen molar-refractivity contribution in [1.82, 2.24) is 0 Å². The van der Waals surface area contributed by atoms with Crippen LogP contribution in [-0.4, -0.2) is 12.3 Å². The van der Waals surface area contributed by atoms with Gasteiger partial charge in [-0.05, 0) is 20.8 Å². The molecule has 0 fully saturated rings. The van der Waals surface area contributed by atoms with Crippen LogP contribution in [0.15, 0.2) is 4.42 Å². The van der Waals surface area contributed by atoms with E-state index >= 15 is 0 Å². The van der Waals surface area contributed by atoms with Gasteiger partial charge in [-0.3, -0.25) is 4.79 Å². The van der Waals surface area contributed by atoms with Crippen molar-refractivity contribution in [3.63, 3.8) is 0 Å². The molecule has 0 spiro atoms. The maximum absolute atomic E-state index is 11.3. The number of furan rings is 1. The van der Waals surface area contributed by atoms with E-state index in [4.69, 9.17) is 10.2 Å². The second-order valence-electron chi connectivity index (χ2n) is 2.84. The van der Waals surface area contributed by atoms with Gasteiger partial charge in [0.1, 0.15) is 11.5 Å². The monoisotopic (exact) mass is 167 g/mol. The Hall–Kier alpha value is -1.09. The predicted molar refractivity (Wildman–Crippen MR) is 46.3 cm³/mol. The van der Waals surface area contributed by atoms with Gasteiger partial charge in [-0.2, -0.15) is 0 Å². The SMILES string of the molecule is Cc1oc(C)c(C(=O)CN)c1C. The zero-order chi connectivity index (χ0) is 9.30. The second-order valence-corrected chi connectivity index (χ2v) is 2.84. The number of hydrogen-bond acceptors (Lipinski definition) is 3. The molecule has 0 amide bonds. The van der Waals surface area contributed by atoms with Gasteiger partial charge in [-0.1, -0.05) is 0 Å². The lowest BCUT2D eigenvalue weighted by Crippen LogP contribution is -2.14. The number of Topliss-reactive ketones (excluding diaryl/α,β-unsaturated/α-hetero) is 1. The Bertz CT molecular complexity index is 313. The average Bonchev–Trinajstić information content (AvgIpc) is 2.26. The van der Waals surface area contributed by atoms with Crippen LogP contribution in [-0.2, 0) is 0 Å². The Balaban J connectivity index is 3.22. The Labute approximate surface area is 71.6 Å². The van der Waals surface area contributed by atoms with Crippen LogP contribution in [0, 0.1) is 20.8 Å². The van der Waals surface area contributed by atoms with E-state index in [1.807, 2.05) is 13.8 Å². The first-order valence-corrected chi connectivity index (χ1v) is 3.87. The normalized spacial score (nSPS) is 10.3. The minimum absolute atomic E-state index is 0.0423. The van der Waals surface area contributed by atoms with Crippen molar-refractivity contribution in [2.75, 3.05) is 6.54 Å². The summed E-state index contributed by atoms with van der Waals surface area (Å²) in [5, 5.41) is 0. The van der Waals surface area contributed by atoms with Gasteiger partial charge < -0.3 is 10.2 Å². The Morgan fingerprint density at radius 2 is 1.92 bits per heavy atom. The molecule has 3 heteroatoms. The predicted octanol–water partition coefficient (Wildman–Crippen LogP) is 1.35. The van der Waals surface area contributed by atoms with Crippen LogP contribution in [0.1, 0.15) is 27.4 Å². The van der Waals surface area contributed by atoms with Crippen molar-refractivity contribution >= 4 is 5.78 Å². The Kier molecular flexibility index (Phi) is 2.33. The highest BCUT2D eigenvalue weighted by molar-refractivity contribution is 5.99. The molecule has 2 N–H and O–H groups in total. The summed E-state index contributed by atoms with van der Waals surface area (Å²) in [6, 6.07) is 0. The minimum atomic E-state index is -0.0538. The van der Waals surface area contributed by atoms with Crippen LogP contribution in [0.3, 0.4) is 0 Å². The molecule has 0 saturated heterocycles. The molecule has 0 atom stereocenters. The molecule has 1 aromatic rings. The summed E-state index contributed by atoms with van der Waals surface area (Å²) in [7, 11) is 0. The van der Waals surface area contributed by atoms with Gasteiger partial charge in [0.25, 0.3) is 0 Å². The van der Waals surface area contributed by atoms with Gasteiger partial charge in [-0.25, -0.2) is 0 Å². The van der Waals surface area contributed by atoms with E-state index in [-0.39, 0.29) is 12.3 Å². The summed E-state index contributed by atoms with van der Waals surface area (Å²) in [5.74, 6) is 1.41. The highest BCUT2D eigenvalue weighted by Crippen LogP contribution is 2.20. The quantitative estimate of drug-likeness (QED) is 0.676. The standard InChI is InChI=1S/C9H13NO2/c1-5-6(2)12-7(3)9(5)8(11)4-10/h4,10H2,1-3H3. The minimum Gasteiger partial charge on any atom is -0.466 e. The van der Waals surface area contributed by atoms with Crippen molar-refractivity contribution in [1.29, 1.82) is 0 Å². The van der Waals surface area contributed by atoms with Crippen molar-refractivity contribution in [3.05, 3.63) is 22.6 Å². The topological polar surface area (TPSA) is 56.2 Å². The number of carbonyl (C=O) groups is 1. The van der Waals surface area contributed by atoms with Crippen molar-refractivity contribution < 1.29 is 9.21 Å². The van der Waals surface area contributed by atoms with Gasteiger partial charge in [-0.15, -0.1) is 0 Å². The molecule has 0 bridgehead atoms. The van der Waals surface area contributed by atoms with Crippen LogP contribution in [0.2, 0.25) is 0 Å². The van der Waals surface area contributed by atoms with E-state index < -0.39 is 0 Å². The highest BCUT2D eigenvalue weighted by atomic mass is 16.3. The summed E-state index contributed by atoms with van der Waals surface area (Å²) < 4.78 is 5.29. The number of hydrogen-bond donors (Lipinski definition) is 1. The molecule has 12 heavy (non-hydrogen) atoms. The molecule has 0 aromatic carbocycles. The summed E-state index contributed by atoms with van der Waals surface area (Å²) in [4.78, 5) is 11.3. The largest absolute Gasteiger partial charge is 0.466 e. The van der Waals surface area contributed by atoms with E-state index in [0.717, 1.165) is 11.3 Å². The van der Waals surface area contributed by atoms with Crippen molar-refractivity contribution in [3.8, 4) is 0 Å². The third kappa shape index (κ3) is 1.28. The molecule has 3 nitrogen and oxygen atoms in total. The van der Waals surface area contributed by atoms with Crippen LogP contribution in [0.4, 0.5) is 0 Å². The summed E-state index contributed by atoms with van der Waals surface area (Å²) in [6.07, 6.45) is 0. The van der Waals surface area contributed by atoms with Gasteiger partial charge in [0.2, 0.25) is 0 Å². The third-order valence-electron chi connectivity index (χ3n) is 2.03. The zero-order valence-electron chi connectivity index (χ0n) is 7.60. The molecule has 1 rings (SSSR count). The molecule has 66 valence electrons. The molecular formula is C9H13NO2. The zero-order valence-corrected chi connectivity index (χ0v) is 7.60. The number of nitrogens with two attached hydrogens (primary N) is 1. The second kappa shape index (κ2) is 3.11. The number of aryl methyl sites for hydroxylation is 2. The van der Waals surface area contributed by atoms with E-state index in [9.17, 15) is 4.79 Å². The fraction of sp³-hybridized carbons (Fsp3) is 0.444. The van der Waals surface area contributed by atoms with Crippen LogP contribution < -0.4 is 5.73 Å². The molecule has 0 saturated carbocycles. The smallest absolute Gasteiger partial charge is 0.180 e. The molecular weight excluding hydrogens is 154 g/mol. The van der Waals surface area contributed by atoms with E-state index in [1.54, 1.807) is 6.92 Å². The summed E-state index contributed by atoms with van der Waals surface area (Å²) in [6.45, 7) is 5.54. The molecule has 0 aliphatic heterocycles. The van der Waals surface area contributed by atoms with Crippen molar-refractivity contribution in [2.45, 2.75) is 20.8 Å². The van der Waals surface area contributed by atoms with Crippen molar-refractivity contribution in [2.24, 2.45) is 5.73 Å². The molecule has 0 aliphatic rings. The molecule has 0 unspecified atom stereocenters. The molecule has 1 aromatic heterocycles. The summed E-state index contributed by atoms with van der Waals surface area (Å²) >= 11 is 0. The fourth-order valence-corrected chi connectivity index (χ4v) is 1.30. The first-order valence-electron chi connectivity index (χ1n) is 3.87. The summed E-state index contributed by atoms with van der Waals surface area (Å²) in [5.41, 5.74) is 6.81. The van der Waals surface area contributed by atoms with E-state index in [0.29, 0.717) is 11.3 Å². The van der Waals surface area contributed by atoms with Gasteiger partial charge in [0, 0.05) is 5.56 Å². The van der Waals surface area contributed by atoms with Crippen LogP contribution >= 0.6 is 0 Å². The first kappa shape index (κ1) is 9.00. The Morgan fingerprint density at radius 1 is 1.33 bits per heavy atom. The first-order chi connectivity index (χ1) is 5.57. The number of ketones is 1. The lowest BCUT2D eigenvalue weighted by molar-refractivity contribution is 0.0999. The van der Waals surface area contributed by atoms with E-state index in [2.05, 4.69) is 0 Å². The Morgan fingerprint density at radius 3 is 2.25 bits per heavy atom. The van der Waals surface area contributed by atoms with E-state index in [1.165, 1.54) is 0 Å². The highest BCUT2D eigenvalue weighted by Gasteiger charge is 2.16. The van der Waals surface area contributed by atoms with Gasteiger partial charge >= 0.3 is 0 Å². The molecule has 0 aliphatic carbocycles. The maximum Gasteiger partial charge on any atom is 0.180 e. The number of rotatable bonds is 2. The number of carbonyl (C=O) groups excluding carboxylic acids is 1. The fourth-order valence-electron chi connectivity index (χ4n) is 1.30. The average molecular weight is 167 g/mol. The lowest BCUT2D eigenvalue weighted by atomic mass is 10.1. The molecule has 1 heterocycles. The maximum atomic E-state index is 11.3. The van der Waals surface area contributed by atoms with Crippen LogP contribution in [0.5, 0.6) is 0 Å². The van der Waals surface area contributed by atoms with Crippen LogP contribution in [0.25, 0.3) is 0 Å². The lowest BCUT2D eigenvalue weighted by Gasteiger charge is -1.95. The third-order valence-corrected chi connectivity index (χ3v) is 2.03. The molecule has 0 radical (unpaired) electrons. The van der Waals surface area contributed by atoms with Gasteiger partial charge in [0.05, 0.1) is 12.1 Å².